The fourth-order valence-electron chi connectivity index (χ4n) is 8.74. The minimum atomic E-state index is 0. The Bertz CT molecular complexity index is 700. The second kappa shape index (κ2) is 43.2. The van der Waals surface area contributed by atoms with Crippen molar-refractivity contribution in [2.75, 3.05) is 108 Å². The van der Waals surface area contributed by atoms with Gasteiger partial charge in [0.05, 0.1) is 108 Å². The number of quaternary nitrogens is 4. The second-order valence-electron chi connectivity index (χ2n) is 19.6. The molecule has 56 heavy (non-hydrogen) atoms. The number of halogens is 4. The van der Waals surface area contributed by atoms with E-state index in [0.717, 1.165) is 6.54 Å². The van der Waals surface area contributed by atoms with Crippen LogP contribution in [0.15, 0.2) is 12.7 Å². The molecule has 0 aromatic rings. The molecule has 0 saturated heterocycles. The fraction of sp³-hybridized carbons (Fsp3) is 0.958. The van der Waals surface area contributed by atoms with Crippen molar-refractivity contribution >= 4 is 0 Å². The van der Waals surface area contributed by atoms with Crippen molar-refractivity contribution in [2.24, 2.45) is 0 Å². The zero-order valence-electron chi connectivity index (χ0n) is 39.7. The standard InChI is InChI=1S/C48H104N4.4BrH/c1-11-15-18-21-24-27-30-33-40-49(5,6)43-36-46-52(39-14-4,47-37-44-50(7,8)41-34-31-28-25-22-19-16-12-2)48-38-45-51(9,10)42-35-32-29-26-23-20-17-13-3;;;;/h14H,4,11-13,15-48H2,1-3,5-10H3;4*1H/q+4;;;;/p-4. The van der Waals surface area contributed by atoms with E-state index in [9.17, 15) is 0 Å². The highest BCUT2D eigenvalue weighted by atomic mass is 79.9. The lowest BCUT2D eigenvalue weighted by atomic mass is 10.1. The lowest BCUT2D eigenvalue weighted by molar-refractivity contribution is -0.942. The summed E-state index contributed by atoms with van der Waals surface area (Å²) in [7, 11) is 15.0. The maximum Gasteiger partial charge on any atom is 0.0971 e. The smallest absolute Gasteiger partial charge is 0.0971 e. The van der Waals surface area contributed by atoms with Gasteiger partial charge in [-0.2, -0.15) is 0 Å². The van der Waals surface area contributed by atoms with E-state index in [1.807, 2.05) is 0 Å². The van der Waals surface area contributed by atoms with E-state index < -0.39 is 0 Å². The second-order valence-corrected chi connectivity index (χ2v) is 19.6. The summed E-state index contributed by atoms with van der Waals surface area (Å²) in [4.78, 5) is 0. The van der Waals surface area contributed by atoms with E-state index in [4.69, 9.17) is 0 Å². The van der Waals surface area contributed by atoms with Gasteiger partial charge in [0.2, 0.25) is 0 Å². The van der Waals surface area contributed by atoms with Gasteiger partial charge in [-0.3, -0.25) is 0 Å². The van der Waals surface area contributed by atoms with E-state index in [1.165, 1.54) is 250 Å². The van der Waals surface area contributed by atoms with Crippen molar-refractivity contribution in [2.45, 2.75) is 194 Å². The molecule has 0 unspecified atom stereocenters. The van der Waals surface area contributed by atoms with Crippen molar-refractivity contribution in [3.8, 4) is 0 Å². The third kappa shape index (κ3) is 42.2. The average molecular weight is 1060 g/mol. The van der Waals surface area contributed by atoms with Crippen molar-refractivity contribution in [3.05, 3.63) is 12.7 Å². The Morgan fingerprint density at radius 3 is 0.696 bits per heavy atom. The van der Waals surface area contributed by atoms with Crippen LogP contribution >= 0.6 is 0 Å². The topological polar surface area (TPSA) is 0 Å². The largest absolute Gasteiger partial charge is 1.00 e. The lowest BCUT2D eigenvalue weighted by Crippen LogP contribution is -3.00. The predicted molar refractivity (Wildman–Crippen MR) is 237 cm³/mol. The molecule has 0 rings (SSSR count). The summed E-state index contributed by atoms with van der Waals surface area (Å²) in [6.07, 6.45) is 40.3. The van der Waals surface area contributed by atoms with Gasteiger partial charge in [-0.25, -0.2) is 0 Å². The molecule has 0 fully saturated rings. The van der Waals surface area contributed by atoms with Crippen molar-refractivity contribution in [1.29, 1.82) is 0 Å². The van der Waals surface area contributed by atoms with Gasteiger partial charge < -0.3 is 85.9 Å². The molecular formula is C48H104Br4N4. The molecule has 0 radical (unpaired) electrons. The molecule has 0 aromatic heterocycles. The van der Waals surface area contributed by atoms with E-state index in [2.05, 4.69) is 75.7 Å². The minimum Gasteiger partial charge on any atom is -1.00 e. The Morgan fingerprint density at radius 2 is 0.482 bits per heavy atom. The van der Waals surface area contributed by atoms with Gasteiger partial charge in [0.25, 0.3) is 0 Å². The van der Waals surface area contributed by atoms with Crippen LogP contribution in [0.5, 0.6) is 0 Å². The first-order chi connectivity index (χ1) is 24.9. The molecular weight excluding hydrogens is 952 g/mol. The van der Waals surface area contributed by atoms with Gasteiger partial charge >= 0.3 is 0 Å². The lowest BCUT2D eigenvalue weighted by Gasteiger charge is -2.41. The minimum absolute atomic E-state index is 0. The summed E-state index contributed by atoms with van der Waals surface area (Å²) in [5, 5.41) is 0. The molecule has 0 aliphatic rings. The summed E-state index contributed by atoms with van der Waals surface area (Å²) in [5.74, 6) is 0. The molecule has 0 amide bonds. The van der Waals surface area contributed by atoms with Gasteiger partial charge in [0.1, 0.15) is 0 Å². The highest BCUT2D eigenvalue weighted by Gasteiger charge is 2.30. The third-order valence-corrected chi connectivity index (χ3v) is 12.6. The molecule has 0 aliphatic carbocycles. The zero-order chi connectivity index (χ0) is 38.9. The van der Waals surface area contributed by atoms with E-state index in [0.29, 0.717) is 0 Å². The Kier molecular flexibility index (Phi) is 51.3. The maximum absolute atomic E-state index is 4.33. The van der Waals surface area contributed by atoms with Crippen LogP contribution in [-0.2, 0) is 0 Å². The Morgan fingerprint density at radius 1 is 0.286 bits per heavy atom. The Balaban J connectivity index is -0.00000217. The monoisotopic (exact) mass is 1050 g/mol. The van der Waals surface area contributed by atoms with Gasteiger partial charge in [0.15, 0.2) is 0 Å². The number of hydrogen-bond donors (Lipinski definition) is 0. The van der Waals surface area contributed by atoms with Gasteiger partial charge in [-0.15, -0.1) is 0 Å². The van der Waals surface area contributed by atoms with Gasteiger partial charge in [-0.1, -0.05) is 143 Å². The van der Waals surface area contributed by atoms with Crippen LogP contribution in [0.1, 0.15) is 194 Å². The molecule has 0 bridgehead atoms. The number of unbranched alkanes of at least 4 members (excludes halogenated alkanes) is 21. The highest BCUT2D eigenvalue weighted by Crippen LogP contribution is 2.18. The van der Waals surface area contributed by atoms with Gasteiger partial charge in [0, 0.05) is 19.3 Å². The van der Waals surface area contributed by atoms with Crippen LogP contribution in [0.25, 0.3) is 0 Å². The first kappa shape index (κ1) is 66.6. The number of hydrogen-bond acceptors (Lipinski definition) is 0. The van der Waals surface area contributed by atoms with E-state index in [1.54, 1.807) is 0 Å². The molecule has 0 N–H and O–H groups in total. The molecule has 344 valence electrons. The molecule has 0 aromatic carbocycles. The molecule has 4 nitrogen and oxygen atoms in total. The SMILES string of the molecule is C=CC[N+](CCC[N+](C)(C)CCCCCCCCCC)(CCC[N+](C)(C)CCCCCCCCCC)CCC[N+](C)(C)CCCCCCCCCC.[Br-].[Br-].[Br-].[Br-]. The molecule has 0 spiro atoms. The van der Waals surface area contributed by atoms with E-state index in [-0.39, 0.29) is 67.9 Å². The van der Waals surface area contributed by atoms with Crippen LogP contribution in [-0.4, -0.2) is 126 Å². The quantitative estimate of drug-likeness (QED) is 0.0485. The van der Waals surface area contributed by atoms with Crippen molar-refractivity contribution < 1.29 is 85.9 Å². The summed E-state index contributed by atoms with van der Waals surface area (Å²) in [5.41, 5.74) is 0. The van der Waals surface area contributed by atoms with E-state index >= 15 is 0 Å². The predicted octanol–water partition coefficient (Wildman–Crippen LogP) is 0.827. The Hall–Kier alpha value is 1.50. The first-order valence-electron chi connectivity index (χ1n) is 23.8. The maximum atomic E-state index is 4.33. The van der Waals surface area contributed by atoms with Gasteiger partial charge in [-0.05, 0) is 44.6 Å². The number of nitrogens with zero attached hydrogens (tertiary/aromatic N) is 4. The van der Waals surface area contributed by atoms with Crippen LogP contribution < -0.4 is 67.9 Å². The first-order valence-corrected chi connectivity index (χ1v) is 23.8. The molecule has 0 aliphatic heterocycles. The van der Waals surface area contributed by atoms with Crippen LogP contribution in [0.3, 0.4) is 0 Å². The molecule has 0 saturated carbocycles. The van der Waals surface area contributed by atoms with Crippen molar-refractivity contribution in [3.63, 3.8) is 0 Å². The average Bonchev–Trinajstić information content (AvgIpc) is 3.08. The summed E-state index contributed by atoms with van der Waals surface area (Å²) in [6.45, 7) is 24.3. The zero-order valence-corrected chi connectivity index (χ0v) is 46.1. The summed E-state index contributed by atoms with van der Waals surface area (Å²) in [6, 6.07) is 0. The fourth-order valence-corrected chi connectivity index (χ4v) is 8.74. The number of rotatable bonds is 41. The highest BCUT2D eigenvalue weighted by molar-refractivity contribution is 4.67. The normalized spacial score (nSPS) is 12.0. The molecule has 8 heteroatoms. The molecule has 0 heterocycles. The van der Waals surface area contributed by atoms with Crippen LogP contribution in [0, 0.1) is 0 Å². The van der Waals surface area contributed by atoms with Crippen LogP contribution in [0.4, 0.5) is 0 Å². The summed E-state index contributed by atoms with van der Waals surface area (Å²) >= 11 is 0. The van der Waals surface area contributed by atoms with Crippen LogP contribution in [0.2, 0.25) is 0 Å². The third-order valence-electron chi connectivity index (χ3n) is 12.6. The summed E-state index contributed by atoms with van der Waals surface area (Å²) < 4.78 is 4.83. The molecule has 0 atom stereocenters. The Labute approximate surface area is 397 Å². The van der Waals surface area contributed by atoms with Crippen molar-refractivity contribution in [1.82, 2.24) is 0 Å².